The van der Waals surface area contributed by atoms with Crippen molar-refractivity contribution >= 4 is 17.5 Å². The van der Waals surface area contributed by atoms with Crippen LogP contribution in [-0.4, -0.2) is 11.0 Å². The molecular formula is C21H30OS. The van der Waals surface area contributed by atoms with E-state index in [4.69, 9.17) is 0 Å². The van der Waals surface area contributed by atoms with Crippen LogP contribution >= 0.6 is 11.8 Å². The highest BCUT2D eigenvalue weighted by atomic mass is 32.2. The van der Waals surface area contributed by atoms with Crippen LogP contribution in [0.5, 0.6) is 0 Å². The fraction of sp³-hybridized carbons (Fsp3) is 0.476. The van der Waals surface area contributed by atoms with Gasteiger partial charge >= 0.3 is 0 Å². The zero-order valence-electron chi connectivity index (χ0n) is 15.0. The van der Waals surface area contributed by atoms with Gasteiger partial charge < -0.3 is 0 Å². The average molecular weight is 331 g/mol. The molecule has 1 unspecified atom stereocenters. The number of benzene rings is 1. The van der Waals surface area contributed by atoms with Gasteiger partial charge in [0.2, 0.25) is 0 Å². The van der Waals surface area contributed by atoms with Crippen molar-refractivity contribution in [1.29, 1.82) is 0 Å². The summed E-state index contributed by atoms with van der Waals surface area (Å²) >= 11 is 1.70. The molecule has 0 bridgehead atoms. The van der Waals surface area contributed by atoms with Gasteiger partial charge in [0.25, 0.3) is 0 Å². The monoisotopic (exact) mass is 330 g/mol. The molecule has 0 N–H and O–H groups in total. The van der Waals surface area contributed by atoms with Gasteiger partial charge in [-0.05, 0) is 58.6 Å². The highest BCUT2D eigenvalue weighted by Gasteiger charge is 2.17. The summed E-state index contributed by atoms with van der Waals surface area (Å²) in [6, 6.07) is 10.2. The van der Waals surface area contributed by atoms with Crippen molar-refractivity contribution in [2.75, 3.05) is 0 Å². The molecule has 1 nitrogen and oxygen atoms in total. The molecule has 1 aromatic rings. The van der Waals surface area contributed by atoms with Crippen molar-refractivity contribution in [2.24, 2.45) is 0 Å². The molecule has 0 fully saturated rings. The van der Waals surface area contributed by atoms with Gasteiger partial charge in [0, 0.05) is 11.3 Å². The first-order valence-electron chi connectivity index (χ1n) is 8.56. The standard InChI is InChI=1S/C21H30OS/c1-5-10-20(22)21(23-19-13-7-6-8-14-19)16-15-18(4)12-9-11-17(2)3/h6-8,11,13-15,21H,5,9-10,12,16H2,1-4H3/b18-15-. The minimum atomic E-state index is 0.0377. The highest BCUT2D eigenvalue weighted by Crippen LogP contribution is 2.28. The summed E-state index contributed by atoms with van der Waals surface area (Å²) < 4.78 is 0. The number of allylic oxidation sites excluding steroid dienone is 4. The molecule has 0 spiro atoms. The Kier molecular flexibility index (Phi) is 9.70. The van der Waals surface area contributed by atoms with Crippen molar-refractivity contribution in [2.45, 2.75) is 69.9 Å². The summed E-state index contributed by atoms with van der Waals surface area (Å²) in [5, 5.41) is 0.0377. The molecule has 1 aromatic carbocycles. The Morgan fingerprint density at radius 1 is 1.09 bits per heavy atom. The largest absolute Gasteiger partial charge is 0.298 e. The third kappa shape index (κ3) is 8.80. The lowest BCUT2D eigenvalue weighted by Gasteiger charge is -2.14. The fourth-order valence-corrected chi connectivity index (χ4v) is 3.40. The molecule has 0 saturated heterocycles. The fourth-order valence-electron chi connectivity index (χ4n) is 2.31. The van der Waals surface area contributed by atoms with E-state index in [1.807, 2.05) is 18.2 Å². The first-order valence-corrected chi connectivity index (χ1v) is 9.44. The molecule has 0 saturated carbocycles. The lowest BCUT2D eigenvalue weighted by molar-refractivity contribution is -0.118. The van der Waals surface area contributed by atoms with E-state index in [9.17, 15) is 4.79 Å². The predicted octanol–water partition coefficient (Wildman–Crippen LogP) is 6.60. The van der Waals surface area contributed by atoms with Crippen LogP contribution in [-0.2, 0) is 4.79 Å². The van der Waals surface area contributed by atoms with Crippen molar-refractivity contribution in [1.82, 2.24) is 0 Å². The van der Waals surface area contributed by atoms with Crippen LogP contribution in [0.15, 0.2) is 58.5 Å². The highest BCUT2D eigenvalue weighted by molar-refractivity contribution is 8.00. The van der Waals surface area contributed by atoms with E-state index < -0.39 is 0 Å². The third-order valence-corrected chi connectivity index (χ3v) is 4.93. The van der Waals surface area contributed by atoms with E-state index in [1.165, 1.54) is 16.0 Å². The summed E-state index contributed by atoms with van der Waals surface area (Å²) in [6.45, 7) is 8.51. The molecule has 0 aromatic heterocycles. The second-order valence-corrected chi connectivity index (χ2v) is 7.52. The smallest absolute Gasteiger partial charge is 0.146 e. The predicted molar refractivity (Wildman–Crippen MR) is 103 cm³/mol. The SMILES string of the molecule is CCCC(=O)C(C/C=C(/C)CCC=C(C)C)Sc1ccccc1. The number of carbonyl (C=O) groups is 1. The van der Waals surface area contributed by atoms with Gasteiger partial charge in [0.1, 0.15) is 5.78 Å². The molecule has 1 rings (SSSR count). The number of carbonyl (C=O) groups excluding carboxylic acids is 1. The summed E-state index contributed by atoms with van der Waals surface area (Å²) in [7, 11) is 0. The first kappa shape index (κ1) is 19.8. The van der Waals surface area contributed by atoms with E-state index in [1.54, 1.807) is 11.8 Å². The van der Waals surface area contributed by atoms with Gasteiger partial charge in [-0.1, -0.05) is 48.4 Å². The molecular weight excluding hydrogens is 300 g/mol. The molecule has 1 atom stereocenters. The summed E-state index contributed by atoms with van der Waals surface area (Å²) in [5.74, 6) is 0.370. The molecule has 0 amide bonds. The van der Waals surface area contributed by atoms with E-state index in [-0.39, 0.29) is 5.25 Å². The van der Waals surface area contributed by atoms with Gasteiger partial charge in [0.05, 0.1) is 5.25 Å². The van der Waals surface area contributed by atoms with Gasteiger partial charge in [-0.15, -0.1) is 11.8 Å². The number of ketones is 1. The van der Waals surface area contributed by atoms with Crippen LogP contribution in [0.25, 0.3) is 0 Å². The molecule has 0 aliphatic heterocycles. The molecule has 126 valence electrons. The Hall–Kier alpha value is -1.28. The van der Waals surface area contributed by atoms with Crippen LogP contribution in [0, 0.1) is 0 Å². The zero-order valence-corrected chi connectivity index (χ0v) is 15.8. The molecule has 0 radical (unpaired) electrons. The molecule has 23 heavy (non-hydrogen) atoms. The van der Waals surface area contributed by atoms with Crippen molar-refractivity contribution < 1.29 is 4.79 Å². The maximum atomic E-state index is 12.4. The van der Waals surface area contributed by atoms with Crippen molar-refractivity contribution in [3.8, 4) is 0 Å². The quantitative estimate of drug-likeness (QED) is 0.355. The summed E-state index contributed by atoms with van der Waals surface area (Å²) in [6.07, 6.45) is 9.13. The Morgan fingerprint density at radius 2 is 1.78 bits per heavy atom. The Labute approximate surface area is 146 Å². The van der Waals surface area contributed by atoms with Crippen molar-refractivity contribution in [3.05, 3.63) is 53.6 Å². The van der Waals surface area contributed by atoms with Crippen molar-refractivity contribution in [3.63, 3.8) is 0 Å². The first-order chi connectivity index (χ1) is 11.0. The molecule has 0 aliphatic carbocycles. The van der Waals surface area contributed by atoms with Gasteiger partial charge in [-0.3, -0.25) is 4.79 Å². The minimum Gasteiger partial charge on any atom is -0.298 e. The van der Waals surface area contributed by atoms with Crippen LogP contribution in [0.1, 0.15) is 59.8 Å². The van der Waals surface area contributed by atoms with Crippen LogP contribution in [0.2, 0.25) is 0 Å². The van der Waals surface area contributed by atoms with E-state index in [0.717, 1.165) is 25.7 Å². The number of hydrogen-bond acceptors (Lipinski definition) is 2. The Balaban J connectivity index is 2.65. The number of hydrogen-bond donors (Lipinski definition) is 0. The minimum absolute atomic E-state index is 0.0377. The molecule has 0 heterocycles. The normalized spacial score (nSPS) is 12.8. The Bertz CT molecular complexity index is 524. The van der Waals surface area contributed by atoms with Gasteiger partial charge in [0.15, 0.2) is 0 Å². The van der Waals surface area contributed by atoms with E-state index in [2.05, 4.69) is 52.0 Å². The number of rotatable bonds is 10. The van der Waals surface area contributed by atoms with Crippen LogP contribution in [0.3, 0.4) is 0 Å². The second-order valence-electron chi connectivity index (χ2n) is 6.24. The van der Waals surface area contributed by atoms with Crippen LogP contribution in [0.4, 0.5) is 0 Å². The molecule has 0 aliphatic rings. The van der Waals surface area contributed by atoms with Gasteiger partial charge in [-0.25, -0.2) is 0 Å². The maximum absolute atomic E-state index is 12.4. The van der Waals surface area contributed by atoms with Gasteiger partial charge in [-0.2, -0.15) is 0 Å². The van der Waals surface area contributed by atoms with E-state index >= 15 is 0 Å². The maximum Gasteiger partial charge on any atom is 0.146 e. The zero-order chi connectivity index (χ0) is 17.1. The lowest BCUT2D eigenvalue weighted by atomic mass is 10.1. The third-order valence-electron chi connectivity index (χ3n) is 3.65. The summed E-state index contributed by atoms with van der Waals surface area (Å²) in [5.41, 5.74) is 2.75. The summed E-state index contributed by atoms with van der Waals surface area (Å²) in [4.78, 5) is 13.6. The average Bonchev–Trinajstić information content (AvgIpc) is 2.52. The van der Waals surface area contributed by atoms with Crippen LogP contribution < -0.4 is 0 Å². The topological polar surface area (TPSA) is 17.1 Å². The second kappa shape index (κ2) is 11.3. The number of thioether (sulfide) groups is 1. The van der Waals surface area contributed by atoms with E-state index in [0.29, 0.717) is 12.2 Å². The number of Topliss-reactive ketones (excluding diaryl/α,β-unsaturated/α-hetero) is 1. The Morgan fingerprint density at radius 3 is 2.39 bits per heavy atom. The lowest BCUT2D eigenvalue weighted by Crippen LogP contribution is -2.16. The molecule has 2 heteroatoms.